The molecule has 0 spiro atoms. The third-order valence-corrected chi connectivity index (χ3v) is 3.46. The highest BCUT2D eigenvalue weighted by molar-refractivity contribution is 5.96. The summed E-state index contributed by atoms with van der Waals surface area (Å²) >= 11 is 0. The number of nitrogens with two attached hydrogens (primary N) is 1. The van der Waals surface area contributed by atoms with Gasteiger partial charge in [0.2, 0.25) is 5.91 Å². The van der Waals surface area contributed by atoms with Crippen molar-refractivity contribution >= 4 is 17.4 Å². The fraction of sp³-hybridized carbons (Fsp3) is 0.286. The van der Waals surface area contributed by atoms with E-state index in [1.165, 1.54) is 12.1 Å². The number of halogens is 1. The molecule has 1 aliphatic heterocycles. The third-order valence-electron chi connectivity index (χ3n) is 3.46. The monoisotopic (exact) mass is 274 g/mol. The minimum absolute atomic E-state index is 0.0169. The van der Waals surface area contributed by atoms with Crippen LogP contribution in [-0.2, 0) is 17.8 Å². The molecule has 3 rings (SSSR count). The Morgan fingerprint density at radius 1 is 1.25 bits per heavy atom. The first kappa shape index (κ1) is 12.7. The summed E-state index contributed by atoms with van der Waals surface area (Å²) in [7, 11) is 0. The van der Waals surface area contributed by atoms with E-state index in [4.69, 9.17) is 5.73 Å². The van der Waals surface area contributed by atoms with Crippen molar-refractivity contribution < 1.29 is 9.18 Å². The molecule has 0 atom stereocenters. The lowest BCUT2D eigenvalue weighted by Crippen LogP contribution is -2.37. The van der Waals surface area contributed by atoms with Crippen LogP contribution in [0.5, 0.6) is 0 Å². The largest absolute Gasteiger partial charge is 0.382 e. The summed E-state index contributed by atoms with van der Waals surface area (Å²) in [5.74, 6) is 0.136. The highest BCUT2D eigenvalue weighted by Crippen LogP contribution is 2.28. The Morgan fingerprint density at radius 3 is 2.85 bits per heavy atom. The Balaban J connectivity index is 1.82. The second-order valence-electron chi connectivity index (χ2n) is 4.82. The first-order valence-electron chi connectivity index (χ1n) is 6.51. The summed E-state index contributed by atoms with van der Waals surface area (Å²) in [5, 5.41) is 4.08. The fourth-order valence-electron chi connectivity index (χ4n) is 2.46. The summed E-state index contributed by atoms with van der Waals surface area (Å²) in [5.41, 5.74) is 7.22. The van der Waals surface area contributed by atoms with E-state index in [2.05, 4.69) is 5.10 Å². The summed E-state index contributed by atoms with van der Waals surface area (Å²) < 4.78 is 15.1. The number of carbonyl (C=O) groups is 1. The molecule has 0 bridgehead atoms. The molecule has 2 heterocycles. The van der Waals surface area contributed by atoms with Gasteiger partial charge in [0.15, 0.2) is 0 Å². The highest BCUT2D eigenvalue weighted by Gasteiger charge is 2.24. The molecule has 2 aromatic rings. The van der Waals surface area contributed by atoms with Crippen LogP contribution >= 0.6 is 0 Å². The number of fused-ring (bicyclic) bond motifs is 1. The van der Waals surface area contributed by atoms with E-state index in [-0.39, 0.29) is 11.7 Å². The molecule has 5 nitrogen and oxygen atoms in total. The fourth-order valence-corrected chi connectivity index (χ4v) is 2.46. The Labute approximate surface area is 115 Å². The molecule has 0 saturated carbocycles. The number of aryl methyl sites for hydroxylation is 1. The maximum absolute atomic E-state index is 13.4. The summed E-state index contributed by atoms with van der Waals surface area (Å²) in [6, 6.07) is 6.30. The molecule has 6 heteroatoms. The first-order chi connectivity index (χ1) is 9.63. The van der Waals surface area contributed by atoms with Crippen LogP contribution < -0.4 is 10.6 Å². The van der Waals surface area contributed by atoms with Gasteiger partial charge in [0.1, 0.15) is 11.6 Å². The number of benzene rings is 1. The van der Waals surface area contributed by atoms with Crippen LogP contribution in [0.15, 0.2) is 30.5 Å². The van der Waals surface area contributed by atoms with Crippen LogP contribution in [0.4, 0.5) is 15.9 Å². The maximum Gasteiger partial charge on any atom is 0.227 e. The topological polar surface area (TPSA) is 64.2 Å². The zero-order valence-electron chi connectivity index (χ0n) is 10.9. The van der Waals surface area contributed by atoms with Crippen LogP contribution in [0.3, 0.4) is 0 Å². The summed E-state index contributed by atoms with van der Waals surface area (Å²) in [6.07, 6.45) is 2.88. The van der Waals surface area contributed by atoms with E-state index in [9.17, 15) is 9.18 Å². The maximum atomic E-state index is 13.4. The van der Waals surface area contributed by atoms with Gasteiger partial charge in [-0.1, -0.05) is 6.07 Å². The molecule has 0 radical (unpaired) electrons. The van der Waals surface area contributed by atoms with Crippen molar-refractivity contribution in [3.05, 3.63) is 41.8 Å². The Morgan fingerprint density at radius 2 is 2.10 bits per heavy atom. The number of rotatable bonds is 3. The molecule has 1 aromatic heterocycles. The summed E-state index contributed by atoms with van der Waals surface area (Å²) in [4.78, 5) is 13.7. The van der Waals surface area contributed by atoms with Crippen LogP contribution in [0.1, 0.15) is 12.0 Å². The third kappa shape index (κ3) is 2.36. The quantitative estimate of drug-likeness (QED) is 0.924. The van der Waals surface area contributed by atoms with Crippen LogP contribution in [0.25, 0.3) is 0 Å². The Hall–Kier alpha value is -2.37. The minimum Gasteiger partial charge on any atom is -0.382 e. The molecule has 0 fully saturated rings. The standard InChI is InChI=1S/C14H15FN4O/c15-11-3-1-10-2-4-14(20)19(12(10)9-11)8-7-18-6-5-13(16)17-18/h1,3,5-6,9H,2,4,7-8H2,(H2,16,17). The predicted octanol–water partition coefficient (Wildman–Crippen LogP) is 1.58. The average Bonchev–Trinajstić information content (AvgIpc) is 2.83. The van der Waals surface area contributed by atoms with E-state index in [0.717, 1.165) is 5.56 Å². The van der Waals surface area contributed by atoms with Gasteiger partial charge in [0.25, 0.3) is 0 Å². The van der Waals surface area contributed by atoms with Gasteiger partial charge in [-0.05, 0) is 30.2 Å². The van der Waals surface area contributed by atoms with Gasteiger partial charge in [-0.2, -0.15) is 5.10 Å². The number of carbonyl (C=O) groups excluding carboxylic acids is 1. The minimum atomic E-state index is -0.327. The average molecular weight is 274 g/mol. The molecule has 20 heavy (non-hydrogen) atoms. The zero-order valence-corrected chi connectivity index (χ0v) is 10.9. The molecular weight excluding hydrogens is 259 g/mol. The van der Waals surface area contributed by atoms with Crippen LogP contribution in [0, 0.1) is 5.82 Å². The molecule has 0 aliphatic carbocycles. The second-order valence-corrected chi connectivity index (χ2v) is 4.82. The number of hydrogen-bond acceptors (Lipinski definition) is 3. The zero-order chi connectivity index (χ0) is 14.1. The molecule has 1 aliphatic rings. The smallest absolute Gasteiger partial charge is 0.227 e. The van der Waals surface area contributed by atoms with Gasteiger partial charge >= 0.3 is 0 Å². The van der Waals surface area contributed by atoms with Crippen molar-refractivity contribution in [2.45, 2.75) is 19.4 Å². The predicted molar refractivity (Wildman–Crippen MR) is 73.7 cm³/mol. The van der Waals surface area contributed by atoms with E-state index in [1.807, 2.05) is 0 Å². The van der Waals surface area contributed by atoms with Gasteiger partial charge in [-0.15, -0.1) is 0 Å². The van der Waals surface area contributed by atoms with Crippen molar-refractivity contribution in [3.8, 4) is 0 Å². The van der Waals surface area contributed by atoms with Crippen molar-refractivity contribution in [3.63, 3.8) is 0 Å². The molecule has 1 amide bonds. The molecule has 104 valence electrons. The lowest BCUT2D eigenvalue weighted by atomic mass is 10.0. The van der Waals surface area contributed by atoms with Crippen molar-refractivity contribution in [1.29, 1.82) is 0 Å². The van der Waals surface area contributed by atoms with Crippen molar-refractivity contribution in [2.24, 2.45) is 0 Å². The van der Waals surface area contributed by atoms with E-state index < -0.39 is 0 Å². The molecular formula is C14H15FN4O. The lowest BCUT2D eigenvalue weighted by Gasteiger charge is -2.29. The SMILES string of the molecule is Nc1ccn(CCN2C(=O)CCc3ccc(F)cc32)n1. The highest BCUT2D eigenvalue weighted by atomic mass is 19.1. The number of anilines is 2. The summed E-state index contributed by atoms with van der Waals surface area (Å²) in [6.45, 7) is 0.981. The second kappa shape index (κ2) is 4.96. The number of aromatic nitrogens is 2. The lowest BCUT2D eigenvalue weighted by molar-refractivity contribution is -0.118. The number of hydrogen-bond donors (Lipinski definition) is 1. The molecule has 0 unspecified atom stereocenters. The Kier molecular flexibility index (Phi) is 3.14. The van der Waals surface area contributed by atoms with Crippen molar-refractivity contribution in [2.75, 3.05) is 17.2 Å². The van der Waals surface area contributed by atoms with E-state index in [0.29, 0.717) is 37.4 Å². The first-order valence-corrected chi connectivity index (χ1v) is 6.51. The molecule has 0 saturated heterocycles. The van der Waals surface area contributed by atoms with E-state index >= 15 is 0 Å². The number of nitrogen functional groups attached to an aromatic ring is 1. The van der Waals surface area contributed by atoms with Crippen LogP contribution in [0.2, 0.25) is 0 Å². The molecule has 2 N–H and O–H groups in total. The van der Waals surface area contributed by atoms with E-state index in [1.54, 1.807) is 27.9 Å². The van der Waals surface area contributed by atoms with Gasteiger partial charge in [-0.25, -0.2) is 4.39 Å². The van der Waals surface area contributed by atoms with Gasteiger partial charge in [0.05, 0.1) is 6.54 Å². The van der Waals surface area contributed by atoms with Gasteiger partial charge in [-0.3, -0.25) is 9.48 Å². The van der Waals surface area contributed by atoms with Crippen LogP contribution in [-0.4, -0.2) is 22.2 Å². The van der Waals surface area contributed by atoms with Crippen molar-refractivity contribution in [1.82, 2.24) is 9.78 Å². The normalized spacial score (nSPS) is 14.4. The number of amides is 1. The Bertz CT molecular complexity index is 652. The number of nitrogens with zero attached hydrogens (tertiary/aromatic N) is 3. The van der Waals surface area contributed by atoms with Gasteiger partial charge < -0.3 is 10.6 Å². The van der Waals surface area contributed by atoms with Gasteiger partial charge in [0, 0.05) is 24.8 Å². The molecule has 1 aromatic carbocycles.